The Kier molecular flexibility index (Phi) is 3.23. The molecule has 0 saturated heterocycles. The van der Waals surface area contributed by atoms with Crippen molar-refractivity contribution in [2.75, 3.05) is 12.1 Å². The Morgan fingerprint density at radius 2 is 1.58 bits per heavy atom. The number of hydrogen-bond acceptors (Lipinski definition) is 6. The molecule has 4 rings (SSSR count). The van der Waals surface area contributed by atoms with E-state index in [1.165, 1.54) is 28.2 Å². The lowest BCUT2D eigenvalue weighted by Gasteiger charge is -2.19. The first-order valence-electron chi connectivity index (χ1n) is 7.94. The van der Waals surface area contributed by atoms with Gasteiger partial charge < -0.3 is 0 Å². The highest BCUT2D eigenvalue weighted by atomic mass is 16.2. The maximum absolute atomic E-state index is 13.3. The predicted molar refractivity (Wildman–Crippen MR) is 97.0 cm³/mol. The van der Waals surface area contributed by atoms with Gasteiger partial charge in [0.2, 0.25) is 5.95 Å². The number of anilines is 1. The number of aryl methyl sites for hydroxylation is 1. The van der Waals surface area contributed by atoms with Crippen LogP contribution >= 0.6 is 0 Å². The summed E-state index contributed by atoms with van der Waals surface area (Å²) in [6, 6.07) is 7.06. The number of carbonyl (C=O) groups excluding carboxylic acids is 1. The number of aromatic nitrogens is 4. The smallest absolute Gasteiger partial charge is 0.279 e. The first-order chi connectivity index (χ1) is 12.3. The first-order valence-corrected chi connectivity index (χ1v) is 7.94. The van der Waals surface area contributed by atoms with E-state index in [0.29, 0.717) is 16.8 Å². The maximum atomic E-state index is 13.3. The number of benzene rings is 1. The summed E-state index contributed by atoms with van der Waals surface area (Å²) in [4.78, 5) is 42.6. The van der Waals surface area contributed by atoms with Gasteiger partial charge in [-0.3, -0.25) is 18.7 Å². The van der Waals surface area contributed by atoms with Crippen molar-refractivity contribution >= 4 is 28.7 Å². The summed E-state index contributed by atoms with van der Waals surface area (Å²) >= 11 is 0. The molecule has 1 aromatic carbocycles. The van der Waals surface area contributed by atoms with Crippen LogP contribution in [0, 0.1) is 0 Å². The van der Waals surface area contributed by atoms with Crippen LogP contribution in [-0.2, 0) is 14.1 Å². The topological polar surface area (TPSA) is 94.5 Å². The molecule has 3 aromatic rings. The second-order valence-electron chi connectivity index (χ2n) is 6.18. The minimum absolute atomic E-state index is 0.0472. The highest BCUT2D eigenvalue weighted by Gasteiger charge is 2.29. The number of carbonyl (C=O) groups is 1. The number of nitrogens with zero attached hydrogens (tertiary/aromatic N) is 6. The zero-order chi connectivity index (χ0) is 18.7. The van der Waals surface area contributed by atoms with E-state index in [1.54, 1.807) is 32.2 Å². The third-order valence-corrected chi connectivity index (χ3v) is 4.58. The summed E-state index contributed by atoms with van der Waals surface area (Å²) in [5, 5.41) is 5.91. The molecule has 0 spiro atoms. The average molecular weight is 352 g/mol. The Balaban J connectivity index is 2.23. The summed E-state index contributed by atoms with van der Waals surface area (Å²) in [7, 11) is 4.53. The largest absolute Gasteiger partial charge is 0.332 e. The van der Waals surface area contributed by atoms with E-state index in [9.17, 15) is 14.4 Å². The molecule has 3 heterocycles. The SMILES string of the molecule is C/C1=N/N(C)c2nc3c(c(=O)n(C)c(=O)n3C)n2C(=O)c2ccccc21. The molecule has 0 bridgehead atoms. The van der Waals surface area contributed by atoms with E-state index in [-0.39, 0.29) is 17.1 Å². The Hall–Kier alpha value is -3.49. The van der Waals surface area contributed by atoms with E-state index < -0.39 is 17.2 Å². The van der Waals surface area contributed by atoms with Gasteiger partial charge in [-0.25, -0.2) is 14.4 Å². The fourth-order valence-corrected chi connectivity index (χ4v) is 3.22. The van der Waals surface area contributed by atoms with Gasteiger partial charge in [-0.2, -0.15) is 10.1 Å². The van der Waals surface area contributed by atoms with Gasteiger partial charge in [0.15, 0.2) is 11.2 Å². The van der Waals surface area contributed by atoms with E-state index in [1.807, 2.05) is 6.07 Å². The van der Waals surface area contributed by atoms with Crippen molar-refractivity contribution in [3.63, 3.8) is 0 Å². The van der Waals surface area contributed by atoms with Gasteiger partial charge in [0, 0.05) is 32.3 Å². The molecule has 26 heavy (non-hydrogen) atoms. The van der Waals surface area contributed by atoms with Crippen LogP contribution in [0.15, 0.2) is 39.0 Å². The predicted octanol–water partition coefficient (Wildman–Crippen LogP) is 0.296. The molecular weight excluding hydrogens is 336 g/mol. The van der Waals surface area contributed by atoms with Crippen molar-refractivity contribution in [3.05, 3.63) is 56.2 Å². The van der Waals surface area contributed by atoms with Gasteiger partial charge in [0.05, 0.1) is 5.71 Å². The Labute approximate surface area is 147 Å². The number of fused-ring (bicyclic) bond motifs is 4. The molecule has 0 amide bonds. The number of hydrazone groups is 1. The summed E-state index contributed by atoms with van der Waals surface area (Å²) in [6.07, 6.45) is 0. The number of rotatable bonds is 0. The maximum Gasteiger partial charge on any atom is 0.332 e. The number of hydrogen-bond donors (Lipinski definition) is 0. The minimum atomic E-state index is -0.581. The molecule has 132 valence electrons. The highest BCUT2D eigenvalue weighted by Crippen LogP contribution is 2.25. The fraction of sp³-hybridized carbons (Fsp3) is 0.235. The molecule has 0 atom stereocenters. The average Bonchev–Trinajstić information content (AvgIpc) is 3.04. The molecule has 9 heteroatoms. The van der Waals surface area contributed by atoms with Crippen LogP contribution in [0.1, 0.15) is 22.8 Å². The molecular formula is C17H16N6O3. The van der Waals surface area contributed by atoms with E-state index in [0.717, 1.165) is 4.57 Å². The summed E-state index contributed by atoms with van der Waals surface area (Å²) in [6.45, 7) is 1.80. The van der Waals surface area contributed by atoms with Crippen LogP contribution in [0.2, 0.25) is 0 Å². The standard InChI is InChI=1S/C17H16N6O3/c1-9-10-7-5-6-8-11(10)14(24)23-12-13(18-16(23)22(4)19-9)20(2)17(26)21(3)15(12)25/h5-8H,1-4H3/b19-9-. The zero-order valence-corrected chi connectivity index (χ0v) is 14.7. The van der Waals surface area contributed by atoms with E-state index in [2.05, 4.69) is 10.1 Å². The van der Waals surface area contributed by atoms with Crippen molar-refractivity contribution in [1.29, 1.82) is 0 Å². The Morgan fingerprint density at radius 1 is 0.923 bits per heavy atom. The third kappa shape index (κ3) is 1.94. The van der Waals surface area contributed by atoms with Gasteiger partial charge in [0.1, 0.15) is 0 Å². The van der Waals surface area contributed by atoms with Gasteiger partial charge in [-0.15, -0.1) is 0 Å². The molecule has 0 radical (unpaired) electrons. The van der Waals surface area contributed by atoms with Crippen LogP contribution in [0.25, 0.3) is 11.2 Å². The van der Waals surface area contributed by atoms with Crippen molar-refractivity contribution < 1.29 is 4.79 Å². The lowest BCUT2D eigenvalue weighted by molar-refractivity contribution is 0.0965. The second-order valence-corrected chi connectivity index (χ2v) is 6.18. The minimum Gasteiger partial charge on any atom is -0.279 e. The fourth-order valence-electron chi connectivity index (χ4n) is 3.22. The monoisotopic (exact) mass is 352 g/mol. The second kappa shape index (κ2) is 5.25. The molecule has 0 fully saturated rings. The lowest BCUT2D eigenvalue weighted by Crippen LogP contribution is -2.38. The Bertz CT molecular complexity index is 1240. The van der Waals surface area contributed by atoms with Crippen molar-refractivity contribution in [2.45, 2.75) is 6.92 Å². The summed E-state index contributed by atoms with van der Waals surface area (Å²) < 4.78 is 3.44. The molecule has 0 saturated carbocycles. The van der Waals surface area contributed by atoms with Gasteiger partial charge in [0.25, 0.3) is 11.5 Å². The van der Waals surface area contributed by atoms with Crippen LogP contribution in [-0.4, -0.2) is 37.4 Å². The van der Waals surface area contributed by atoms with Crippen LogP contribution in [0.5, 0.6) is 0 Å². The number of imidazole rings is 1. The molecule has 1 aliphatic heterocycles. The molecule has 1 aliphatic rings. The van der Waals surface area contributed by atoms with Crippen molar-refractivity contribution in [1.82, 2.24) is 18.7 Å². The highest BCUT2D eigenvalue weighted by molar-refractivity contribution is 6.13. The molecule has 0 aliphatic carbocycles. The molecule has 2 aromatic heterocycles. The molecule has 9 nitrogen and oxygen atoms in total. The third-order valence-electron chi connectivity index (χ3n) is 4.58. The quantitative estimate of drug-likeness (QED) is 0.580. The first kappa shape index (κ1) is 16.0. The molecule has 0 unspecified atom stereocenters. The van der Waals surface area contributed by atoms with E-state index >= 15 is 0 Å². The van der Waals surface area contributed by atoms with Crippen LogP contribution in [0.4, 0.5) is 5.95 Å². The van der Waals surface area contributed by atoms with Gasteiger partial charge in [-0.05, 0) is 13.0 Å². The molecule has 0 N–H and O–H groups in total. The van der Waals surface area contributed by atoms with Crippen molar-refractivity contribution in [3.8, 4) is 0 Å². The van der Waals surface area contributed by atoms with Crippen LogP contribution < -0.4 is 16.3 Å². The van der Waals surface area contributed by atoms with Gasteiger partial charge >= 0.3 is 5.69 Å². The summed E-state index contributed by atoms with van der Waals surface area (Å²) in [5.74, 6) is -0.216. The zero-order valence-electron chi connectivity index (χ0n) is 14.7. The lowest BCUT2D eigenvalue weighted by atomic mass is 10.0. The van der Waals surface area contributed by atoms with Crippen LogP contribution in [0.3, 0.4) is 0 Å². The summed E-state index contributed by atoms with van der Waals surface area (Å²) in [5.41, 5.74) is 0.839. The van der Waals surface area contributed by atoms with Crippen molar-refractivity contribution in [2.24, 2.45) is 19.2 Å². The normalized spacial score (nSPS) is 15.9. The van der Waals surface area contributed by atoms with E-state index in [4.69, 9.17) is 0 Å². The Morgan fingerprint density at radius 3 is 2.27 bits per heavy atom. The van der Waals surface area contributed by atoms with Gasteiger partial charge in [-0.1, -0.05) is 18.2 Å².